The molecule has 0 N–H and O–H groups in total. The predicted molar refractivity (Wildman–Crippen MR) is 129 cm³/mol. The molecule has 170 valence electrons. The lowest BCUT2D eigenvalue weighted by molar-refractivity contribution is 0.0871. The van der Waals surface area contributed by atoms with Crippen LogP contribution in [0.15, 0.2) is 65.8 Å². The number of hydrogen-bond acceptors (Lipinski definition) is 4. The Bertz CT molecular complexity index is 974. The Morgan fingerprint density at radius 3 is 2.16 bits per heavy atom. The third kappa shape index (κ3) is 4.90. The van der Waals surface area contributed by atoms with E-state index in [2.05, 4.69) is 57.2 Å². The summed E-state index contributed by atoms with van der Waals surface area (Å²) in [6.07, 6.45) is 6.10. The first-order chi connectivity index (χ1) is 15.4. The molecule has 0 radical (unpaired) electrons. The maximum atomic E-state index is 14.1. The molecular weight excluding hydrogens is 400 g/mol. The monoisotopic (exact) mass is 434 g/mol. The van der Waals surface area contributed by atoms with Gasteiger partial charge in [-0.15, -0.1) is 0 Å². The van der Waals surface area contributed by atoms with Crippen LogP contribution < -0.4 is 14.2 Å². The van der Waals surface area contributed by atoms with Gasteiger partial charge in [0.05, 0.1) is 21.3 Å². The molecule has 0 fully saturated rings. The van der Waals surface area contributed by atoms with Gasteiger partial charge in [0.15, 0.2) is 5.78 Å². The summed E-state index contributed by atoms with van der Waals surface area (Å²) >= 11 is 0. The molecule has 0 spiro atoms. The van der Waals surface area contributed by atoms with Gasteiger partial charge in [-0.2, -0.15) is 0 Å². The number of Topliss-reactive ketones (excluding diaryl/α,β-unsaturated/α-hetero) is 1. The zero-order chi connectivity index (χ0) is 23.3. The number of carbonyl (C=O) groups excluding carboxylic acids is 1. The Hall–Kier alpha value is -3.01. The number of benzene rings is 2. The number of ether oxygens (including phenoxy) is 3. The number of hydrogen-bond donors (Lipinski definition) is 0. The molecule has 0 bridgehead atoms. The first kappa shape index (κ1) is 23.6. The van der Waals surface area contributed by atoms with Crippen LogP contribution in [0.5, 0.6) is 17.2 Å². The number of allylic oxidation sites excluding steroid dienone is 4. The van der Waals surface area contributed by atoms with Crippen molar-refractivity contribution in [3.63, 3.8) is 0 Å². The molecule has 0 saturated heterocycles. The van der Waals surface area contributed by atoms with Crippen molar-refractivity contribution in [2.24, 2.45) is 11.8 Å². The third-order valence-corrected chi connectivity index (χ3v) is 6.41. The van der Waals surface area contributed by atoms with Crippen molar-refractivity contribution < 1.29 is 19.0 Å². The van der Waals surface area contributed by atoms with Gasteiger partial charge in [-0.05, 0) is 45.1 Å². The van der Waals surface area contributed by atoms with Crippen LogP contribution in [-0.4, -0.2) is 27.1 Å². The van der Waals surface area contributed by atoms with Gasteiger partial charge in [-0.1, -0.05) is 53.6 Å². The molecule has 0 aromatic heterocycles. The van der Waals surface area contributed by atoms with Crippen molar-refractivity contribution in [3.05, 3.63) is 76.9 Å². The lowest BCUT2D eigenvalue weighted by atomic mass is 9.65. The second-order valence-corrected chi connectivity index (χ2v) is 8.62. The maximum absolute atomic E-state index is 14.1. The average Bonchev–Trinajstić information content (AvgIpc) is 2.82. The Morgan fingerprint density at radius 1 is 1.00 bits per heavy atom. The zero-order valence-electron chi connectivity index (χ0n) is 20.0. The van der Waals surface area contributed by atoms with Crippen molar-refractivity contribution in [2.45, 2.75) is 39.5 Å². The fraction of sp³-hybridized carbons (Fsp3) is 0.393. The minimum absolute atomic E-state index is 0.0427. The van der Waals surface area contributed by atoms with E-state index in [1.165, 1.54) is 16.7 Å². The number of ketones is 1. The number of rotatable bonds is 8. The SMILES string of the molecule is COc1cc(OC)c(C(=O)[C@@H]2CC=C(C)[C@@H](CC=C(C)C)[C@H]2c2ccccc2)c(OC)c1. The van der Waals surface area contributed by atoms with Crippen molar-refractivity contribution >= 4 is 5.78 Å². The summed E-state index contributed by atoms with van der Waals surface area (Å²) in [6.45, 7) is 6.43. The van der Waals surface area contributed by atoms with E-state index in [1.54, 1.807) is 33.5 Å². The van der Waals surface area contributed by atoms with Crippen molar-refractivity contribution in [2.75, 3.05) is 21.3 Å². The first-order valence-corrected chi connectivity index (χ1v) is 11.1. The van der Waals surface area contributed by atoms with E-state index in [-0.39, 0.29) is 23.5 Å². The first-order valence-electron chi connectivity index (χ1n) is 11.1. The van der Waals surface area contributed by atoms with Crippen LogP contribution in [0.1, 0.15) is 55.5 Å². The average molecular weight is 435 g/mol. The molecule has 3 atom stereocenters. The normalized spacial score (nSPS) is 20.2. The summed E-state index contributed by atoms with van der Waals surface area (Å²) in [5.74, 6) is 1.70. The second kappa shape index (κ2) is 10.5. The standard InChI is InChI=1S/C28H34O4/c1-18(2)12-14-22-19(3)13-15-23(26(22)20-10-8-7-9-11-20)28(29)27-24(31-5)16-21(30-4)17-25(27)32-6/h7-13,16-17,22-23,26H,14-15H2,1-6H3/t22-,23-,26-/m1/s1. The lowest BCUT2D eigenvalue weighted by Crippen LogP contribution is -2.32. The summed E-state index contributed by atoms with van der Waals surface area (Å²) < 4.78 is 16.6. The van der Waals surface area contributed by atoms with E-state index in [0.717, 1.165) is 6.42 Å². The molecule has 0 heterocycles. The van der Waals surface area contributed by atoms with E-state index < -0.39 is 0 Å². The van der Waals surface area contributed by atoms with Gasteiger partial charge in [0.1, 0.15) is 22.8 Å². The van der Waals surface area contributed by atoms with Gasteiger partial charge in [-0.3, -0.25) is 4.79 Å². The van der Waals surface area contributed by atoms with E-state index in [0.29, 0.717) is 29.2 Å². The highest BCUT2D eigenvalue weighted by molar-refractivity contribution is 6.04. The largest absolute Gasteiger partial charge is 0.496 e. The van der Waals surface area contributed by atoms with Crippen molar-refractivity contribution in [3.8, 4) is 17.2 Å². The van der Waals surface area contributed by atoms with Crippen LogP contribution in [0.3, 0.4) is 0 Å². The van der Waals surface area contributed by atoms with E-state index >= 15 is 0 Å². The van der Waals surface area contributed by atoms with Gasteiger partial charge < -0.3 is 14.2 Å². The fourth-order valence-electron chi connectivity index (χ4n) is 4.71. The minimum atomic E-state index is -0.215. The Morgan fingerprint density at radius 2 is 1.62 bits per heavy atom. The molecule has 0 saturated carbocycles. The molecule has 2 aromatic carbocycles. The van der Waals surface area contributed by atoms with Gasteiger partial charge in [0, 0.05) is 24.0 Å². The topological polar surface area (TPSA) is 44.8 Å². The van der Waals surface area contributed by atoms with Gasteiger partial charge in [-0.25, -0.2) is 0 Å². The molecule has 0 amide bonds. The minimum Gasteiger partial charge on any atom is -0.496 e. The Labute approximate surface area is 191 Å². The van der Waals surface area contributed by atoms with Crippen LogP contribution in [0, 0.1) is 11.8 Å². The highest BCUT2D eigenvalue weighted by Gasteiger charge is 2.40. The predicted octanol–water partition coefficient (Wildman–Crippen LogP) is 6.62. The molecule has 3 rings (SSSR count). The Kier molecular flexibility index (Phi) is 7.79. The van der Waals surface area contributed by atoms with Crippen LogP contribution in [0.4, 0.5) is 0 Å². The summed E-state index contributed by atoms with van der Waals surface area (Å²) in [4.78, 5) is 14.1. The smallest absolute Gasteiger partial charge is 0.174 e. The van der Waals surface area contributed by atoms with Crippen LogP contribution in [-0.2, 0) is 0 Å². The van der Waals surface area contributed by atoms with E-state index in [4.69, 9.17) is 14.2 Å². The molecule has 0 unspecified atom stereocenters. The summed E-state index contributed by atoms with van der Waals surface area (Å²) in [6, 6.07) is 13.9. The molecule has 1 aliphatic rings. The van der Waals surface area contributed by atoms with Gasteiger partial charge in [0.2, 0.25) is 0 Å². The molecule has 2 aromatic rings. The highest BCUT2D eigenvalue weighted by atomic mass is 16.5. The molecule has 4 heteroatoms. The lowest BCUT2D eigenvalue weighted by Gasteiger charge is -2.37. The quantitative estimate of drug-likeness (QED) is 0.346. The molecule has 1 aliphatic carbocycles. The van der Waals surface area contributed by atoms with E-state index in [1.807, 2.05) is 6.07 Å². The third-order valence-electron chi connectivity index (χ3n) is 6.41. The van der Waals surface area contributed by atoms with Crippen molar-refractivity contribution in [1.29, 1.82) is 0 Å². The van der Waals surface area contributed by atoms with Crippen LogP contribution in [0.2, 0.25) is 0 Å². The zero-order valence-corrected chi connectivity index (χ0v) is 20.0. The highest BCUT2D eigenvalue weighted by Crippen LogP contribution is 2.47. The molecule has 0 aliphatic heterocycles. The fourth-order valence-corrected chi connectivity index (χ4v) is 4.71. The summed E-state index contributed by atoms with van der Waals surface area (Å²) in [7, 11) is 4.73. The molecule has 32 heavy (non-hydrogen) atoms. The second-order valence-electron chi connectivity index (χ2n) is 8.62. The van der Waals surface area contributed by atoms with Crippen LogP contribution >= 0.6 is 0 Å². The number of methoxy groups -OCH3 is 3. The van der Waals surface area contributed by atoms with E-state index in [9.17, 15) is 4.79 Å². The van der Waals surface area contributed by atoms with Gasteiger partial charge in [0.25, 0.3) is 0 Å². The summed E-state index contributed by atoms with van der Waals surface area (Å²) in [5, 5.41) is 0. The number of carbonyl (C=O) groups is 1. The van der Waals surface area contributed by atoms with Crippen molar-refractivity contribution in [1.82, 2.24) is 0 Å². The van der Waals surface area contributed by atoms with Gasteiger partial charge >= 0.3 is 0 Å². The Balaban J connectivity index is 2.13. The van der Waals surface area contributed by atoms with Crippen LogP contribution in [0.25, 0.3) is 0 Å². The maximum Gasteiger partial charge on any atom is 0.174 e. The summed E-state index contributed by atoms with van der Waals surface area (Å²) in [5.41, 5.74) is 4.30. The molecule has 4 nitrogen and oxygen atoms in total. The molecular formula is C28H34O4.